The number of hydrogen-bond acceptors (Lipinski definition) is 6. The maximum absolute atomic E-state index is 11.7. The third-order valence-electron chi connectivity index (χ3n) is 6.15. The van der Waals surface area contributed by atoms with Crippen molar-refractivity contribution >= 4 is 23.2 Å². The highest BCUT2D eigenvalue weighted by atomic mass is 16.5. The third-order valence-corrected chi connectivity index (χ3v) is 6.15. The zero-order valence-corrected chi connectivity index (χ0v) is 17.6. The third kappa shape index (κ3) is 5.22. The molecule has 4 rings (SSSR count). The topological polar surface area (TPSA) is 105 Å². The number of nitrogens with zero attached hydrogens (tertiary/aromatic N) is 1. The van der Waals surface area contributed by atoms with E-state index in [1.807, 2.05) is 30.3 Å². The lowest BCUT2D eigenvalue weighted by Gasteiger charge is -2.28. The number of nitrogens with one attached hydrogen (secondary N) is 2. The largest absolute Gasteiger partial charge is 0.493 e. The number of ether oxygens (including phenoxy) is 2. The Balaban J connectivity index is 1.64. The van der Waals surface area contributed by atoms with E-state index in [1.165, 1.54) is 6.07 Å². The summed E-state index contributed by atoms with van der Waals surface area (Å²) in [4.78, 5) is 16.1. The highest BCUT2D eigenvalue weighted by Gasteiger charge is 2.29. The van der Waals surface area contributed by atoms with Gasteiger partial charge in [-0.15, -0.1) is 0 Å². The second-order valence-electron chi connectivity index (χ2n) is 8.26. The molecule has 0 spiro atoms. The van der Waals surface area contributed by atoms with E-state index in [2.05, 4.69) is 10.3 Å². The number of aromatic carboxylic acids is 1. The molecule has 1 saturated heterocycles. The molecule has 2 fully saturated rings. The van der Waals surface area contributed by atoms with Gasteiger partial charge in [-0.25, -0.2) is 9.78 Å². The van der Waals surface area contributed by atoms with Gasteiger partial charge in [0.1, 0.15) is 11.6 Å². The quantitative estimate of drug-likeness (QED) is 0.496. The molecule has 0 unspecified atom stereocenters. The fourth-order valence-electron chi connectivity index (χ4n) is 4.03. The number of aromatic nitrogens is 1. The van der Waals surface area contributed by atoms with Gasteiger partial charge in [-0.3, -0.25) is 0 Å². The monoisotopic (exact) mass is 423 g/mol. The molecule has 0 atom stereocenters. The van der Waals surface area contributed by atoms with Crippen LogP contribution in [0.4, 0.5) is 11.5 Å². The van der Waals surface area contributed by atoms with Crippen molar-refractivity contribution in [1.82, 2.24) is 4.98 Å². The van der Waals surface area contributed by atoms with E-state index in [9.17, 15) is 9.90 Å². The summed E-state index contributed by atoms with van der Waals surface area (Å²) in [5.41, 5.74) is 1.73. The Kier molecular flexibility index (Phi) is 6.82. The number of hydrogen-bond donors (Lipinski definition) is 3. The van der Waals surface area contributed by atoms with Crippen molar-refractivity contribution in [3.63, 3.8) is 0 Å². The van der Waals surface area contributed by atoms with Gasteiger partial charge < -0.3 is 25.3 Å². The number of para-hydroxylation sites is 1. The van der Waals surface area contributed by atoms with Crippen molar-refractivity contribution in [2.45, 2.75) is 38.5 Å². The molecule has 0 amide bonds. The van der Waals surface area contributed by atoms with Crippen LogP contribution >= 0.6 is 0 Å². The second kappa shape index (κ2) is 9.92. The molecule has 1 aliphatic carbocycles. The number of carbonyl (C=O) groups is 1. The van der Waals surface area contributed by atoms with Crippen molar-refractivity contribution in [1.29, 1.82) is 5.41 Å². The molecule has 1 aliphatic heterocycles. The van der Waals surface area contributed by atoms with E-state index in [0.717, 1.165) is 57.4 Å². The average molecular weight is 424 g/mol. The van der Waals surface area contributed by atoms with Gasteiger partial charge in [0.2, 0.25) is 0 Å². The minimum absolute atomic E-state index is 0.0929. The van der Waals surface area contributed by atoms with Crippen LogP contribution in [0.3, 0.4) is 0 Å². The number of pyridine rings is 1. The zero-order valence-electron chi connectivity index (χ0n) is 17.6. The molecule has 1 aromatic carbocycles. The summed E-state index contributed by atoms with van der Waals surface area (Å²) in [6.45, 7) is 2.04. The molecule has 7 heteroatoms. The highest BCUT2D eigenvalue weighted by molar-refractivity contribution is 6.07. The number of carboxylic acids is 1. The predicted octanol–water partition coefficient (Wildman–Crippen LogP) is 4.89. The molecule has 7 nitrogen and oxygen atoms in total. The van der Waals surface area contributed by atoms with E-state index < -0.39 is 5.97 Å². The smallest absolute Gasteiger partial charge is 0.354 e. The molecule has 1 saturated carbocycles. The lowest BCUT2D eigenvalue weighted by molar-refractivity contribution is 0.0592. The predicted molar refractivity (Wildman–Crippen MR) is 119 cm³/mol. The van der Waals surface area contributed by atoms with Crippen LogP contribution in [-0.4, -0.2) is 41.6 Å². The van der Waals surface area contributed by atoms with Gasteiger partial charge in [-0.1, -0.05) is 24.6 Å². The second-order valence-corrected chi connectivity index (χ2v) is 8.26. The molecule has 0 radical (unpaired) electrons. The van der Waals surface area contributed by atoms with Crippen LogP contribution in [0.1, 0.15) is 54.6 Å². The van der Waals surface area contributed by atoms with E-state index in [1.54, 1.807) is 0 Å². The van der Waals surface area contributed by atoms with Gasteiger partial charge in [-0.05, 0) is 50.2 Å². The lowest BCUT2D eigenvalue weighted by atomic mass is 9.79. The zero-order chi connectivity index (χ0) is 21.6. The van der Waals surface area contributed by atoms with Crippen LogP contribution < -0.4 is 10.1 Å². The van der Waals surface area contributed by atoms with Gasteiger partial charge in [0.05, 0.1) is 12.2 Å². The van der Waals surface area contributed by atoms with Crippen molar-refractivity contribution in [2.75, 3.05) is 25.1 Å². The van der Waals surface area contributed by atoms with Crippen LogP contribution in [0.15, 0.2) is 36.4 Å². The SMILES string of the molecule is N=C(c1c(OCCC2CCOCC2)cc(C(=O)O)nc1Nc1ccccc1)C1CCC1. The molecule has 0 bridgehead atoms. The van der Waals surface area contributed by atoms with Crippen LogP contribution in [0.5, 0.6) is 5.75 Å². The van der Waals surface area contributed by atoms with Crippen LogP contribution in [-0.2, 0) is 4.74 Å². The maximum atomic E-state index is 11.7. The van der Waals surface area contributed by atoms with Crippen molar-refractivity contribution in [3.05, 3.63) is 47.7 Å². The fourth-order valence-corrected chi connectivity index (χ4v) is 4.03. The van der Waals surface area contributed by atoms with Gasteiger partial charge in [-0.2, -0.15) is 0 Å². The fraction of sp³-hybridized carbons (Fsp3) is 0.458. The average Bonchev–Trinajstić information content (AvgIpc) is 2.73. The Labute approximate surface area is 182 Å². The number of benzene rings is 1. The summed E-state index contributed by atoms with van der Waals surface area (Å²) in [6, 6.07) is 10.9. The Morgan fingerprint density at radius 2 is 1.94 bits per heavy atom. The van der Waals surface area contributed by atoms with E-state index >= 15 is 0 Å². The Morgan fingerprint density at radius 3 is 2.58 bits per heavy atom. The van der Waals surface area contributed by atoms with Crippen LogP contribution in [0, 0.1) is 17.2 Å². The summed E-state index contributed by atoms with van der Waals surface area (Å²) >= 11 is 0. The van der Waals surface area contributed by atoms with Gasteiger partial charge >= 0.3 is 5.97 Å². The number of carboxylic acid groups (broad SMARTS) is 1. The molecule has 31 heavy (non-hydrogen) atoms. The first-order valence-electron chi connectivity index (χ1n) is 11.0. The highest BCUT2D eigenvalue weighted by Crippen LogP contribution is 2.37. The number of rotatable bonds is 9. The first-order chi connectivity index (χ1) is 15.1. The van der Waals surface area contributed by atoms with E-state index in [4.69, 9.17) is 14.9 Å². The maximum Gasteiger partial charge on any atom is 0.354 e. The molecule has 2 aromatic rings. The molecule has 164 valence electrons. The molecule has 3 N–H and O–H groups in total. The molecule has 1 aromatic heterocycles. The summed E-state index contributed by atoms with van der Waals surface area (Å²) in [6.07, 6.45) is 5.95. The van der Waals surface area contributed by atoms with Crippen LogP contribution in [0.25, 0.3) is 0 Å². The number of anilines is 2. The van der Waals surface area contributed by atoms with Crippen molar-refractivity contribution < 1.29 is 19.4 Å². The summed E-state index contributed by atoms with van der Waals surface area (Å²) in [5.74, 6) is 0.378. The van der Waals surface area contributed by atoms with Crippen molar-refractivity contribution in [3.8, 4) is 5.75 Å². The van der Waals surface area contributed by atoms with Gasteiger partial charge in [0, 0.05) is 36.6 Å². The van der Waals surface area contributed by atoms with Crippen molar-refractivity contribution in [2.24, 2.45) is 11.8 Å². The minimum atomic E-state index is -1.12. The lowest BCUT2D eigenvalue weighted by Crippen LogP contribution is -2.25. The minimum Gasteiger partial charge on any atom is -0.493 e. The van der Waals surface area contributed by atoms with E-state index in [-0.39, 0.29) is 11.6 Å². The Morgan fingerprint density at radius 1 is 1.19 bits per heavy atom. The summed E-state index contributed by atoms with van der Waals surface area (Å²) in [5, 5.41) is 21.7. The summed E-state index contributed by atoms with van der Waals surface area (Å²) < 4.78 is 11.5. The van der Waals surface area contributed by atoms with Gasteiger partial charge in [0.15, 0.2) is 5.69 Å². The standard InChI is InChI=1S/C24H29N3O4/c25-22(17-5-4-6-17)21-20(31-14-11-16-9-12-30-13-10-16)15-19(24(28)29)27-23(21)26-18-7-2-1-3-8-18/h1-3,7-8,15-17,25H,4-6,9-14H2,(H,26,27)(H,28,29). The Hall–Kier alpha value is -2.93. The summed E-state index contributed by atoms with van der Waals surface area (Å²) in [7, 11) is 0. The normalized spacial score (nSPS) is 17.0. The molecule has 2 heterocycles. The first kappa shape index (κ1) is 21.3. The van der Waals surface area contributed by atoms with Gasteiger partial charge in [0.25, 0.3) is 0 Å². The van der Waals surface area contributed by atoms with Crippen LogP contribution in [0.2, 0.25) is 0 Å². The molecular formula is C24H29N3O4. The molecular weight excluding hydrogens is 394 g/mol. The Bertz CT molecular complexity index is 922. The first-order valence-corrected chi connectivity index (χ1v) is 11.0. The molecule has 2 aliphatic rings. The van der Waals surface area contributed by atoms with E-state index in [0.29, 0.717) is 35.4 Å².